The van der Waals surface area contributed by atoms with Gasteiger partial charge in [-0.25, -0.2) is 0 Å². The molecule has 0 fully saturated rings. The molecule has 0 aromatic carbocycles. The largest absolute Gasteiger partial charge is 0.382 e. The maximum Gasteiger partial charge on any atom is 0.0700 e. The Morgan fingerprint density at radius 2 is 1.77 bits per heavy atom. The first kappa shape index (κ1) is 12.9. The van der Waals surface area contributed by atoms with E-state index in [4.69, 9.17) is 9.47 Å². The zero-order chi connectivity index (χ0) is 9.94. The average molecular weight is 189 g/mol. The van der Waals surface area contributed by atoms with Gasteiger partial charge >= 0.3 is 0 Å². The second kappa shape index (κ2) is 9.96. The highest BCUT2D eigenvalue weighted by Crippen LogP contribution is 1.90. The van der Waals surface area contributed by atoms with Crippen molar-refractivity contribution in [2.75, 3.05) is 46.6 Å². The van der Waals surface area contributed by atoms with Crippen LogP contribution in [0.3, 0.4) is 0 Å². The van der Waals surface area contributed by atoms with Gasteiger partial charge in [-0.2, -0.15) is 0 Å². The SMILES string of the molecule is CCCN(CC)CCOCCOC. The summed E-state index contributed by atoms with van der Waals surface area (Å²) in [5.41, 5.74) is 0. The Morgan fingerprint density at radius 1 is 1.00 bits per heavy atom. The number of hydrogen-bond acceptors (Lipinski definition) is 3. The van der Waals surface area contributed by atoms with E-state index >= 15 is 0 Å². The summed E-state index contributed by atoms with van der Waals surface area (Å²) in [6, 6.07) is 0. The minimum absolute atomic E-state index is 0.694. The number of methoxy groups -OCH3 is 1. The first-order valence-corrected chi connectivity index (χ1v) is 5.14. The maximum atomic E-state index is 5.39. The van der Waals surface area contributed by atoms with E-state index in [9.17, 15) is 0 Å². The van der Waals surface area contributed by atoms with Gasteiger partial charge < -0.3 is 14.4 Å². The highest BCUT2D eigenvalue weighted by molar-refractivity contribution is 4.52. The van der Waals surface area contributed by atoms with Crippen molar-refractivity contribution in [3.05, 3.63) is 0 Å². The van der Waals surface area contributed by atoms with Crippen LogP contribution in [0.15, 0.2) is 0 Å². The Labute approximate surface area is 82.0 Å². The fraction of sp³-hybridized carbons (Fsp3) is 1.00. The van der Waals surface area contributed by atoms with Gasteiger partial charge in [0.05, 0.1) is 19.8 Å². The Balaban J connectivity index is 3.17. The Hall–Kier alpha value is -0.120. The van der Waals surface area contributed by atoms with Crippen LogP contribution in [0.2, 0.25) is 0 Å². The smallest absolute Gasteiger partial charge is 0.0700 e. The molecule has 0 aromatic rings. The van der Waals surface area contributed by atoms with Crippen LogP contribution < -0.4 is 0 Å². The summed E-state index contributed by atoms with van der Waals surface area (Å²) in [5.74, 6) is 0. The molecule has 0 amide bonds. The second-order valence-corrected chi connectivity index (χ2v) is 3.04. The lowest BCUT2D eigenvalue weighted by Gasteiger charge is -2.18. The van der Waals surface area contributed by atoms with E-state index in [-0.39, 0.29) is 0 Å². The van der Waals surface area contributed by atoms with Gasteiger partial charge in [0.15, 0.2) is 0 Å². The van der Waals surface area contributed by atoms with Crippen molar-refractivity contribution >= 4 is 0 Å². The molecule has 0 aliphatic rings. The van der Waals surface area contributed by atoms with Gasteiger partial charge in [-0.05, 0) is 19.5 Å². The predicted molar refractivity (Wildman–Crippen MR) is 55.1 cm³/mol. The monoisotopic (exact) mass is 189 g/mol. The van der Waals surface area contributed by atoms with Gasteiger partial charge in [-0.1, -0.05) is 13.8 Å². The molecule has 80 valence electrons. The molecule has 0 rings (SSSR count). The molecule has 3 heteroatoms. The predicted octanol–water partition coefficient (Wildman–Crippen LogP) is 1.38. The molecule has 0 saturated heterocycles. The van der Waals surface area contributed by atoms with Gasteiger partial charge in [-0.15, -0.1) is 0 Å². The van der Waals surface area contributed by atoms with E-state index < -0.39 is 0 Å². The lowest BCUT2D eigenvalue weighted by molar-refractivity contribution is 0.0579. The van der Waals surface area contributed by atoms with Crippen molar-refractivity contribution in [2.24, 2.45) is 0 Å². The molecule has 3 nitrogen and oxygen atoms in total. The summed E-state index contributed by atoms with van der Waals surface area (Å²) in [6.07, 6.45) is 1.21. The Bertz CT molecular complexity index is 98.9. The summed E-state index contributed by atoms with van der Waals surface area (Å²) in [5, 5.41) is 0. The van der Waals surface area contributed by atoms with E-state index in [0.717, 1.165) is 19.7 Å². The molecule has 0 spiro atoms. The van der Waals surface area contributed by atoms with Crippen LogP contribution in [0, 0.1) is 0 Å². The first-order chi connectivity index (χ1) is 6.35. The third kappa shape index (κ3) is 8.22. The summed E-state index contributed by atoms with van der Waals surface area (Å²) in [6.45, 7) is 9.93. The number of likely N-dealkylation sites (N-methyl/N-ethyl adjacent to an activating group) is 1. The Morgan fingerprint density at radius 3 is 2.31 bits per heavy atom. The number of rotatable bonds is 9. The van der Waals surface area contributed by atoms with Crippen LogP contribution in [0.25, 0.3) is 0 Å². The zero-order valence-electron chi connectivity index (χ0n) is 9.21. The molecular formula is C10H23NO2. The maximum absolute atomic E-state index is 5.39. The molecule has 0 aliphatic carbocycles. The molecule has 0 saturated carbocycles. The van der Waals surface area contributed by atoms with Crippen molar-refractivity contribution in [2.45, 2.75) is 20.3 Å². The average Bonchev–Trinajstić information content (AvgIpc) is 2.16. The highest BCUT2D eigenvalue weighted by atomic mass is 16.5. The van der Waals surface area contributed by atoms with Crippen molar-refractivity contribution in [3.63, 3.8) is 0 Å². The summed E-state index contributed by atoms with van der Waals surface area (Å²) < 4.78 is 10.3. The fourth-order valence-corrected chi connectivity index (χ4v) is 1.18. The fourth-order valence-electron chi connectivity index (χ4n) is 1.18. The van der Waals surface area contributed by atoms with Crippen molar-refractivity contribution in [1.82, 2.24) is 4.90 Å². The second-order valence-electron chi connectivity index (χ2n) is 3.04. The number of nitrogens with zero attached hydrogens (tertiary/aromatic N) is 1. The third-order valence-corrected chi connectivity index (χ3v) is 1.97. The number of ether oxygens (including phenoxy) is 2. The van der Waals surface area contributed by atoms with Gasteiger partial charge in [0.25, 0.3) is 0 Å². The normalized spacial score (nSPS) is 11.1. The molecule has 0 unspecified atom stereocenters. The molecule has 0 atom stereocenters. The molecule has 0 aromatic heterocycles. The lowest BCUT2D eigenvalue weighted by Crippen LogP contribution is -2.28. The van der Waals surface area contributed by atoms with Crippen LogP contribution >= 0.6 is 0 Å². The standard InChI is InChI=1S/C10H23NO2/c1-4-6-11(5-2)7-8-13-10-9-12-3/h4-10H2,1-3H3. The minimum Gasteiger partial charge on any atom is -0.382 e. The van der Waals surface area contributed by atoms with E-state index in [1.54, 1.807) is 7.11 Å². The van der Waals surface area contributed by atoms with Crippen LogP contribution in [0.1, 0.15) is 20.3 Å². The summed E-state index contributed by atoms with van der Waals surface area (Å²) in [7, 11) is 1.69. The van der Waals surface area contributed by atoms with Gasteiger partial charge in [0, 0.05) is 13.7 Å². The van der Waals surface area contributed by atoms with Gasteiger partial charge in [0.1, 0.15) is 0 Å². The van der Waals surface area contributed by atoms with E-state index in [2.05, 4.69) is 18.7 Å². The van der Waals surface area contributed by atoms with Crippen molar-refractivity contribution < 1.29 is 9.47 Å². The first-order valence-electron chi connectivity index (χ1n) is 5.14. The van der Waals surface area contributed by atoms with Crippen LogP contribution in [-0.2, 0) is 9.47 Å². The van der Waals surface area contributed by atoms with Crippen molar-refractivity contribution in [3.8, 4) is 0 Å². The Kier molecular flexibility index (Phi) is 9.87. The lowest BCUT2D eigenvalue weighted by atomic mass is 10.4. The van der Waals surface area contributed by atoms with Crippen LogP contribution in [-0.4, -0.2) is 51.5 Å². The quantitative estimate of drug-likeness (QED) is 0.511. The minimum atomic E-state index is 0.694. The van der Waals surface area contributed by atoms with E-state index in [0.29, 0.717) is 13.2 Å². The molecule has 0 bridgehead atoms. The topological polar surface area (TPSA) is 21.7 Å². The molecule has 0 N–H and O–H groups in total. The van der Waals surface area contributed by atoms with Crippen molar-refractivity contribution in [1.29, 1.82) is 0 Å². The molecular weight excluding hydrogens is 166 g/mol. The molecule has 0 aliphatic heterocycles. The molecule has 13 heavy (non-hydrogen) atoms. The third-order valence-electron chi connectivity index (χ3n) is 1.97. The van der Waals surface area contributed by atoms with Crippen LogP contribution in [0.5, 0.6) is 0 Å². The highest BCUT2D eigenvalue weighted by Gasteiger charge is 1.99. The zero-order valence-corrected chi connectivity index (χ0v) is 9.21. The summed E-state index contributed by atoms with van der Waals surface area (Å²) in [4.78, 5) is 2.40. The van der Waals surface area contributed by atoms with Gasteiger partial charge in [-0.3, -0.25) is 0 Å². The van der Waals surface area contributed by atoms with E-state index in [1.165, 1.54) is 13.0 Å². The molecule has 0 radical (unpaired) electrons. The van der Waals surface area contributed by atoms with Gasteiger partial charge in [0.2, 0.25) is 0 Å². The van der Waals surface area contributed by atoms with E-state index in [1.807, 2.05) is 0 Å². The number of hydrogen-bond donors (Lipinski definition) is 0. The molecule has 0 heterocycles. The van der Waals surface area contributed by atoms with Crippen LogP contribution in [0.4, 0.5) is 0 Å². The summed E-state index contributed by atoms with van der Waals surface area (Å²) >= 11 is 0.